The Morgan fingerprint density at radius 1 is 1.39 bits per heavy atom. The van der Waals surface area contributed by atoms with Crippen molar-refractivity contribution >= 4 is 5.97 Å². The van der Waals surface area contributed by atoms with Gasteiger partial charge in [0.25, 0.3) is 0 Å². The third-order valence-corrected chi connectivity index (χ3v) is 5.97. The zero-order valence-corrected chi connectivity index (χ0v) is 11.1. The first-order valence-corrected chi connectivity index (χ1v) is 6.96. The molecule has 5 unspecified atom stereocenters. The highest BCUT2D eigenvalue weighted by atomic mass is 16.6. The van der Waals surface area contributed by atoms with Crippen LogP contribution < -0.4 is 0 Å². The maximum absolute atomic E-state index is 12.2. The SMILES string of the molecule is C=C1COC(=O)C2C1C1C(CCC23CO3)C1(C)C. The van der Waals surface area contributed by atoms with E-state index >= 15 is 0 Å². The Balaban J connectivity index is 1.78. The van der Waals surface area contributed by atoms with Crippen LogP contribution in [0.15, 0.2) is 12.2 Å². The maximum atomic E-state index is 12.2. The molecule has 3 nitrogen and oxygen atoms in total. The normalized spacial score (nSPS) is 52.1. The van der Waals surface area contributed by atoms with Gasteiger partial charge < -0.3 is 9.47 Å². The Bertz CT molecular complexity index is 447. The summed E-state index contributed by atoms with van der Waals surface area (Å²) in [6, 6.07) is 0. The minimum absolute atomic E-state index is 0.0479. The number of esters is 1. The lowest BCUT2D eigenvalue weighted by molar-refractivity contribution is -0.156. The van der Waals surface area contributed by atoms with E-state index in [1.165, 1.54) is 6.42 Å². The highest BCUT2D eigenvalue weighted by molar-refractivity contribution is 5.77. The number of cyclic esters (lactones) is 1. The number of carbonyl (C=O) groups is 1. The van der Waals surface area contributed by atoms with E-state index < -0.39 is 0 Å². The number of fused-ring (bicyclic) bond motifs is 4. The third kappa shape index (κ3) is 1.16. The van der Waals surface area contributed by atoms with Gasteiger partial charge in [0.15, 0.2) is 0 Å². The molecule has 4 rings (SSSR count). The maximum Gasteiger partial charge on any atom is 0.312 e. The van der Waals surface area contributed by atoms with Crippen LogP contribution in [-0.2, 0) is 14.3 Å². The van der Waals surface area contributed by atoms with Gasteiger partial charge in [-0.1, -0.05) is 20.4 Å². The van der Waals surface area contributed by atoms with Crippen molar-refractivity contribution in [3.63, 3.8) is 0 Å². The average Bonchev–Trinajstić information content (AvgIpc) is 3.18. The summed E-state index contributed by atoms with van der Waals surface area (Å²) in [6.45, 7) is 9.99. The Labute approximate surface area is 108 Å². The molecule has 2 saturated carbocycles. The van der Waals surface area contributed by atoms with E-state index in [1.807, 2.05) is 0 Å². The van der Waals surface area contributed by atoms with Crippen LogP contribution in [0.1, 0.15) is 26.7 Å². The zero-order chi connectivity index (χ0) is 12.7. The van der Waals surface area contributed by atoms with Crippen LogP contribution >= 0.6 is 0 Å². The van der Waals surface area contributed by atoms with E-state index in [9.17, 15) is 4.79 Å². The van der Waals surface area contributed by atoms with Gasteiger partial charge in [-0.2, -0.15) is 0 Å². The number of rotatable bonds is 0. The van der Waals surface area contributed by atoms with Gasteiger partial charge in [-0.25, -0.2) is 0 Å². The van der Waals surface area contributed by atoms with Crippen molar-refractivity contribution in [2.45, 2.75) is 32.3 Å². The first kappa shape index (κ1) is 11.0. The summed E-state index contributed by atoms with van der Waals surface area (Å²) in [6.07, 6.45) is 2.20. The lowest BCUT2D eigenvalue weighted by Gasteiger charge is -2.35. The van der Waals surface area contributed by atoms with Gasteiger partial charge in [0.1, 0.15) is 12.2 Å². The van der Waals surface area contributed by atoms with Crippen LogP contribution in [0.5, 0.6) is 0 Å². The first-order valence-electron chi connectivity index (χ1n) is 6.96. The van der Waals surface area contributed by atoms with E-state index in [2.05, 4.69) is 20.4 Å². The van der Waals surface area contributed by atoms with Crippen LogP contribution in [0.4, 0.5) is 0 Å². The Hall–Kier alpha value is -0.830. The molecule has 3 heteroatoms. The lowest BCUT2D eigenvalue weighted by atomic mass is 9.72. The molecule has 18 heavy (non-hydrogen) atoms. The summed E-state index contributed by atoms with van der Waals surface area (Å²) >= 11 is 0. The van der Waals surface area contributed by atoms with Crippen molar-refractivity contribution in [1.29, 1.82) is 0 Å². The molecule has 0 amide bonds. The Morgan fingerprint density at radius 3 is 2.78 bits per heavy atom. The number of epoxide rings is 1. The first-order chi connectivity index (χ1) is 8.47. The summed E-state index contributed by atoms with van der Waals surface area (Å²) < 4.78 is 11.0. The molecule has 0 bridgehead atoms. The molecule has 1 spiro atoms. The fraction of sp³-hybridized carbons (Fsp3) is 0.800. The van der Waals surface area contributed by atoms with E-state index in [1.54, 1.807) is 0 Å². The van der Waals surface area contributed by atoms with E-state index in [4.69, 9.17) is 9.47 Å². The van der Waals surface area contributed by atoms with Crippen molar-refractivity contribution in [3.8, 4) is 0 Å². The van der Waals surface area contributed by atoms with Crippen molar-refractivity contribution in [2.24, 2.45) is 29.1 Å². The third-order valence-electron chi connectivity index (χ3n) is 5.97. The van der Waals surface area contributed by atoms with Gasteiger partial charge in [-0.3, -0.25) is 4.79 Å². The monoisotopic (exact) mass is 248 g/mol. The van der Waals surface area contributed by atoms with Crippen LogP contribution in [0.25, 0.3) is 0 Å². The van der Waals surface area contributed by atoms with Crippen LogP contribution in [0, 0.1) is 29.1 Å². The van der Waals surface area contributed by atoms with Crippen LogP contribution in [0.2, 0.25) is 0 Å². The quantitative estimate of drug-likeness (QED) is 0.374. The second-order valence-electron chi connectivity index (χ2n) is 7.12. The molecule has 2 aliphatic heterocycles. The summed E-state index contributed by atoms with van der Waals surface area (Å²) in [5.41, 5.74) is 1.27. The molecule has 2 aliphatic carbocycles. The van der Waals surface area contributed by atoms with Crippen molar-refractivity contribution in [3.05, 3.63) is 12.2 Å². The molecule has 4 fully saturated rings. The van der Waals surface area contributed by atoms with Gasteiger partial charge >= 0.3 is 5.97 Å². The molecule has 2 saturated heterocycles. The average molecular weight is 248 g/mol. The highest BCUT2D eigenvalue weighted by Crippen LogP contribution is 2.71. The number of hydrogen-bond donors (Lipinski definition) is 0. The zero-order valence-electron chi connectivity index (χ0n) is 11.1. The number of ether oxygens (including phenoxy) is 2. The van der Waals surface area contributed by atoms with E-state index in [-0.39, 0.29) is 23.4 Å². The number of hydrogen-bond acceptors (Lipinski definition) is 3. The van der Waals surface area contributed by atoms with Crippen molar-refractivity contribution in [1.82, 2.24) is 0 Å². The van der Waals surface area contributed by atoms with Crippen molar-refractivity contribution < 1.29 is 14.3 Å². The molecule has 0 radical (unpaired) electrons. The van der Waals surface area contributed by atoms with E-state index in [0.717, 1.165) is 24.5 Å². The minimum atomic E-state index is -0.200. The molecule has 5 atom stereocenters. The molecule has 2 heterocycles. The van der Waals surface area contributed by atoms with Crippen molar-refractivity contribution in [2.75, 3.05) is 13.2 Å². The topological polar surface area (TPSA) is 38.8 Å². The molecule has 0 N–H and O–H groups in total. The second-order valence-corrected chi connectivity index (χ2v) is 7.12. The summed E-state index contributed by atoms with van der Waals surface area (Å²) in [4.78, 5) is 12.2. The van der Waals surface area contributed by atoms with Gasteiger partial charge in [0.05, 0.1) is 12.5 Å². The minimum Gasteiger partial charge on any atom is -0.461 e. The van der Waals surface area contributed by atoms with Gasteiger partial charge in [-0.05, 0) is 35.7 Å². The number of carbonyl (C=O) groups excluding carboxylic acids is 1. The predicted octanol–water partition coefficient (Wildman–Crippen LogP) is 2.17. The fourth-order valence-electron chi connectivity index (χ4n) is 4.76. The van der Waals surface area contributed by atoms with Crippen LogP contribution in [0.3, 0.4) is 0 Å². The molecular formula is C15H20O3. The Kier molecular flexibility index (Phi) is 1.84. The van der Waals surface area contributed by atoms with Crippen LogP contribution in [-0.4, -0.2) is 24.8 Å². The molecule has 4 aliphatic rings. The second kappa shape index (κ2) is 3.01. The van der Waals surface area contributed by atoms with Gasteiger partial charge in [-0.15, -0.1) is 0 Å². The van der Waals surface area contributed by atoms with E-state index in [0.29, 0.717) is 17.9 Å². The summed E-state index contributed by atoms with van der Waals surface area (Å²) in [7, 11) is 0. The van der Waals surface area contributed by atoms with Gasteiger partial charge in [0, 0.05) is 5.92 Å². The molecule has 0 aromatic rings. The molecular weight excluding hydrogens is 228 g/mol. The predicted molar refractivity (Wildman–Crippen MR) is 65.8 cm³/mol. The fourth-order valence-corrected chi connectivity index (χ4v) is 4.76. The summed E-state index contributed by atoms with van der Waals surface area (Å²) in [5, 5.41) is 0. The Morgan fingerprint density at radius 2 is 2.11 bits per heavy atom. The smallest absolute Gasteiger partial charge is 0.312 e. The standard InChI is InChI=1S/C15H20O3/c1-8-6-17-13(16)12-10(8)11-9(14(11,2)3)4-5-15(12)7-18-15/h9-12H,1,4-7H2,2-3H3. The lowest BCUT2D eigenvalue weighted by Crippen LogP contribution is -2.44. The molecule has 0 aromatic carbocycles. The highest BCUT2D eigenvalue weighted by Gasteiger charge is 2.71. The summed E-state index contributed by atoms with van der Waals surface area (Å²) in [5.74, 6) is 1.49. The largest absolute Gasteiger partial charge is 0.461 e. The van der Waals surface area contributed by atoms with Gasteiger partial charge in [0.2, 0.25) is 0 Å². The molecule has 98 valence electrons. The molecule has 0 aromatic heterocycles.